The predicted molar refractivity (Wildman–Crippen MR) is 81.6 cm³/mol. The standard InChI is InChI=1S/C15H22ClN3/c1-11(2)9-19-14(17)18-10-15(19,3)8-12-4-6-13(16)7-5-12/h4-7,11H,8-10H2,1-3H3,(H2,17,18). The van der Waals surface area contributed by atoms with Crippen molar-refractivity contribution in [1.29, 1.82) is 0 Å². The fraction of sp³-hybridized carbons (Fsp3) is 0.533. The lowest BCUT2D eigenvalue weighted by molar-refractivity contribution is 0.201. The molecule has 1 heterocycles. The van der Waals surface area contributed by atoms with Crippen molar-refractivity contribution in [3.05, 3.63) is 34.9 Å². The SMILES string of the molecule is CC(C)CN1C(N)=NCC1(C)Cc1ccc(Cl)cc1. The quantitative estimate of drug-likeness (QED) is 0.921. The van der Waals surface area contributed by atoms with Crippen LogP contribution in [0.4, 0.5) is 0 Å². The van der Waals surface area contributed by atoms with Crippen molar-refractivity contribution in [3.8, 4) is 0 Å². The third kappa shape index (κ3) is 3.21. The monoisotopic (exact) mass is 279 g/mol. The van der Waals surface area contributed by atoms with Gasteiger partial charge in [0.25, 0.3) is 0 Å². The van der Waals surface area contributed by atoms with Crippen LogP contribution in [0, 0.1) is 5.92 Å². The number of hydrogen-bond acceptors (Lipinski definition) is 3. The minimum Gasteiger partial charge on any atom is -0.370 e. The van der Waals surface area contributed by atoms with Crippen LogP contribution in [0.2, 0.25) is 5.02 Å². The second-order valence-corrected chi connectivity index (χ2v) is 6.42. The lowest BCUT2D eigenvalue weighted by Crippen LogP contribution is -2.52. The molecule has 2 rings (SSSR count). The van der Waals surface area contributed by atoms with Gasteiger partial charge in [0.15, 0.2) is 5.96 Å². The van der Waals surface area contributed by atoms with Gasteiger partial charge in [-0.3, -0.25) is 4.99 Å². The van der Waals surface area contributed by atoms with Gasteiger partial charge in [-0.2, -0.15) is 0 Å². The molecule has 0 aromatic heterocycles. The van der Waals surface area contributed by atoms with Crippen molar-refractivity contribution in [2.24, 2.45) is 16.6 Å². The van der Waals surface area contributed by atoms with E-state index in [1.807, 2.05) is 12.1 Å². The second-order valence-electron chi connectivity index (χ2n) is 5.98. The molecular weight excluding hydrogens is 258 g/mol. The van der Waals surface area contributed by atoms with E-state index in [1.165, 1.54) is 5.56 Å². The summed E-state index contributed by atoms with van der Waals surface area (Å²) in [5.41, 5.74) is 7.28. The minimum atomic E-state index is -0.0256. The lowest BCUT2D eigenvalue weighted by Gasteiger charge is -2.37. The molecule has 1 atom stereocenters. The Morgan fingerprint density at radius 3 is 2.58 bits per heavy atom. The number of benzene rings is 1. The summed E-state index contributed by atoms with van der Waals surface area (Å²) in [6.07, 6.45) is 0.932. The molecule has 1 aliphatic heterocycles. The summed E-state index contributed by atoms with van der Waals surface area (Å²) in [5.74, 6) is 1.24. The molecule has 0 radical (unpaired) electrons. The van der Waals surface area contributed by atoms with Gasteiger partial charge in [0.1, 0.15) is 0 Å². The molecule has 0 bridgehead atoms. The Morgan fingerprint density at radius 2 is 2.00 bits per heavy atom. The first kappa shape index (κ1) is 14.2. The van der Waals surface area contributed by atoms with Gasteiger partial charge in [-0.05, 0) is 37.0 Å². The molecule has 0 aliphatic carbocycles. The highest BCUT2D eigenvalue weighted by Crippen LogP contribution is 2.27. The molecule has 0 saturated heterocycles. The number of nitrogens with two attached hydrogens (primary N) is 1. The van der Waals surface area contributed by atoms with Gasteiger partial charge in [0.2, 0.25) is 0 Å². The molecule has 0 amide bonds. The lowest BCUT2D eigenvalue weighted by atomic mass is 9.91. The summed E-state index contributed by atoms with van der Waals surface area (Å²) in [7, 11) is 0. The topological polar surface area (TPSA) is 41.6 Å². The van der Waals surface area contributed by atoms with E-state index in [1.54, 1.807) is 0 Å². The molecule has 1 aromatic rings. The average molecular weight is 280 g/mol. The van der Waals surface area contributed by atoms with Crippen LogP contribution in [0.25, 0.3) is 0 Å². The van der Waals surface area contributed by atoms with E-state index in [9.17, 15) is 0 Å². The van der Waals surface area contributed by atoms with Crippen molar-refractivity contribution in [1.82, 2.24) is 4.90 Å². The molecule has 0 fully saturated rings. The molecule has 104 valence electrons. The summed E-state index contributed by atoms with van der Waals surface area (Å²) in [6.45, 7) is 8.34. The molecule has 1 aromatic carbocycles. The summed E-state index contributed by atoms with van der Waals surface area (Å²) in [4.78, 5) is 6.67. The summed E-state index contributed by atoms with van der Waals surface area (Å²) < 4.78 is 0. The van der Waals surface area contributed by atoms with Gasteiger partial charge >= 0.3 is 0 Å². The number of halogens is 1. The zero-order valence-corrected chi connectivity index (χ0v) is 12.6. The van der Waals surface area contributed by atoms with Crippen LogP contribution in [-0.4, -0.2) is 29.5 Å². The van der Waals surface area contributed by atoms with E-state index in [0.29, 0.717) is 11.9 Å². The number of hydrogen-bond donors (Lipinski definition) is 1. The Balaban J connectivity index is 2.15. The first-order valence-electron chi connectivity index (χ1n) is 6.73. The maximum absolute atomic E-state index is 6.04. The van der Waals surface area contributed by atoms with Gasteiger partial charge in [0.05, 0.1) is 12.1 Å². The van der Waals surface area contributed by atoms with E-state index in [-0.39, 0.29) is 5.54 Å². The molecule has 1 unspecified atom stereocenters. The Hall–Kier alpha value is -1.22. The first-order valence-corrected chi connectivity index (χ1v) is 7.10. The van der Waals surface area contributed by atoms with E-state index >= 15 is 0 Å². The highest BCUT2D eigenvalue weighted by molar-refractivity contribution is 6.30. The summed E-state index contributed by atoms with van der Waals surface area (Å²) in [5, 5.41) is 0.773. The largest absolute Gasteiger partial charge is 0.370 e. The molecule has 3 nitrogen and oxygen atoms in total. The Morgan fingerprint density at radius 1 is 1.37 bits per heavy atom. The molecule has 0 saturated carbocycles. The van der Waals surface area contributed by atoms with Crippen molar-refractivity contribution in [2.45, 2.75) is 32.7 Å². The van der Waals surface area contributed by atoms with Crippen LogP contribution in [0.15, 0.2) is 29.3 Å². The van der Waals surface area contributed by atoms with E-state index < -0.39 is 0 Å². The van der Waals surface area contributed by atoms with E-state index in [4.69, 9.17) is 17.3 Å². The molecule has 4 heteroatoms. The van der Waals surface area contributed by atoms with Crippen molar-refractivity contribution in [2.75, 3.05) is 13.1 Å². The fourth-order valence-electron chi connectivity index (χ4n) is 2.57. The smallest absolute Gasteiger partial charge is 0.191 e. The maximum atomic E-state index is 6.04. The number of nitrogens with zero attached hydrogens (tertiary/aromatic N) is 2. The van der Waals surface area contributed by atoms with Gasteiger partial charge in [0, 0.05) is 11.6 Å². The average Bonchev–Trinajstić information content (AvgIpc) is 2.60. The highest BCUT2D eigenvalue weighted by atomic mass is 35.5. The maximum Gasteiger partial charge on any atom is 0.191 e. The molecule has 2 N–H and O–H groups in total. The number of guanidine groups is 1. The van der Waals surface area contributed by atoms with Crippen molar-refractivity contribution < 1.29 is 0 Å². The van der Waals surface area contributed by atoms with Crippen LogP contribution in [0.1, 0.15) is 26.3 Å². The van der Waals surface area contributed by atoms with Gasteiger partial charge in [-0.15, -0.1) is 0 Å². The molecular formula is C15H22ClN3. The predicted octanol–water partition coefficient (Wildman–Crippen LogP) is 2.93. The van der Waals surface area contributed by atoms with Crippen LogP contribution in [0.3, 0.4) is 0 Å². The van der Waals surface area contributed by atoms with Gasteiger partial charge in [-0.1, -0.05) is 37.6 Å². The van der Waals surface area contributed by atoms with Gasteiger partial charge < -0.3 is 10.6 Å². The highest BCUT2D eigenvalue weighted by Gasteiger charge is 2.38. The van der Waals surface area contributed by atoms with E-state index in [2.05, 4.69) is 42.8 Å². The zero-order valence-electron chi connectivity index (χ0n) is 11.9. The Kier molecular flexibility index (Phi) is 4.04. The Labute approximate surface area is 120 Å². The van der Waals surface area contributed by atoms with E-state index in [0.717, 1.165) is 24.5 Å². The molecule has 1 aliphatic rings. The summed E-state index contributed by atoms with van der Waals surface area (Å²) >= 11 is 5.93. The van der Waals surface area contributed by atoms with Crippen LogP contribution < -0.4 is 5.73 Å². The van der Waals surface area contributed by atoms with Crippen molar-refractivity contribution in [3.63, 3.8) is 0 Å². The van der Waals surface area contributed by atoms with Crippen LogP contribution in [-0.2, 0) is 6.42 Å². The van der Waals surface area contributed by atoms with Crippen molar-refractivity contribution >= 4 is 17.6 Å². The van der Waals surface area contributed by atoms with Crippen LogP contribution in [0.5, 0.6) is 0 Å². The Bertz CT molecular complexity index is 467. The fourth-order valence-corrected chi connectivity index (χ4v) is 2.70. The molecule has 0 spiro atoms. The number of aliphatic imine (C=N–C) groups is 1. The van der Waals surface area contributed by atoms with Gasteiger partial charge in [-0.25, -0.2) is 0 Å². The first-order chi connectivity index (χ1) is 8.90. The minimum absolute atomic E-state index is 0.0256. The normalized spacial score (nSPS) is 23.0. The number of rotatable bonds is 4. The zero-order chi connectivity index (χ0) is 14.0. The molecule has 19 heavy (non-hydrogen) atoms. The third-order valence-electron chi connectivity index (χ3n) is 3.56. The second kappa shape index (κ2) is 5.41. The van der Waals surface area contributed by atoms with Crippen LogP contribution >= 0.6 is 11.6 Å². The third-order valence-corrected chi connectivity index (χ3v) is 3.81. The summed E-state index contributed by atoms with van der Waals surface area (Å²) in [6, 6.07) is 8.03.